The minimum atomic E-state index is -0.742. The summed E-state index contributed by atoms with van der Waals surface area (Å²) in [5.41, 5.74) is 4.39. The molecule has 2 atom stereocenters. The van der Waals surface area contributed by atoms with Gasteiger partial charge in [-0.3, -0.25) is 19.6 Å². The highest BCUT2D eigenvalue weighted by molar-refractivity contribution is 5.91. The average Bonchev–Trinajstić information content (AvgIpc) is 2.93. The van der Waals surface area contributed by atoms with Gasteiger partial charge in [-0.25, -0.2) is 5.48 Å². The van der Waals surface area contributed by atoms with Crippen LogP contribution in [0.15, 0.2) is 42.5 Å². The molecule has 7 nitrogen and oxygen atoms in total. The molecule has 0 saturated heterocycles. The molecule has 4 N–H and O–H groups in total. The molecule has 0 heterocycles. The third kappa shape index (κ3) is 6.03. The molecule has 0 fully saturated rings. The summed E-state index contributed by atoms with van der Waals surface area (Å²) in [6.07, 6.45) is 0.825. The van der Waals surface area contributed by atoms with E-state index in [4.69, 9.17) is 5.21 Å². The van der Waals surface area contributed by atoms with Crippen molar-refractivity contribution in [3.05, 3.63) is 48.0 Å². The van der Waals surface area contributed by atoms with Gasteiger partial charge in [0.15, 0.2) is 0 Å². The molecule has 0 bridgehead atoms. The molecule has 7 heteroatoms. The summed E-state index contributed by atoms with van der Waals surface area (Å²) in [5, 5.41) is 14.3. The van der Waals surface area contributed by atoms with Crippen LogP contribution in [0.25, 0.3) is 11.1 Å². The molecule has 0 spiro atoms. The van der Waals surface area contributed by atoms with Crippen molar-refractivity contribution in [2.24, 2.45) is 11.3 Å². The zero-order chi connectivity index (χ0) is 22.3. The Morgan fingerprint density at radius 3 is 2.33 bits per heavy atom. The van der Waals surface area contributed by atoms with Gasteiger partial charge in [-0.05, 0) is 34.9 Å². The molecule has 30 heavy (non-hydrogen) atoms. The number of carbonyl (C=O) groups is 3. The predicted octanol–water partition coefficient (Wildman–Crippen LogP) is 2.51. The van der Waals surface area contributed by atoms with E-state index in [2.05, 4.69) is 10.6 Å². The summed E-state index contributed by atoms with van der Waals surface area (Å²) in [6.45, 7) is 5.58. The van der Waals surface area contributed by atoms with Crippen molar-refractivity contribution >= 4 is 17.7 Å². The van der Waals surface area contributed by atoms with E-state index in [1.165, 1.54) is 7.05 Å². The van der Waals surface area contributed by atoms with Crippen molar-refractivity contribution in [1.82, 2.24) is 16.1 Å². The van der Waals surface area contributed by atoms with Crippen LogP contribution >= 0.6 is 0 Å². The van der Waals surface area contributed by atoms with Crippen LogP contribution in [-0.4, -0.2) is 36.0 Å². The van der Waals surface area contributed by atoms with Gasteiger partial charge in [-0.2, -0.15) is 0 Å². The molecule has 0 aliphatic heterocycles. The first kappa shape index (κ1) is 23.3. The molecule has 0 aromatic rings. The van der Waals surface area contributed by atoms with Gasteiger partial charge in [-0.1, -0.05) is 63.2 Å². The number of likely N-dealkylation sites (N-methyl/N-ethyl adjacent to an activating group) is 1. The first-order chi connectivity index (χ1) is 14.2. The maximum atomic E-state index is 13.0. The van der Waals surface area contributed by atoms with Crippen molar-refractivity contribution in [3.63, 3.8) is 0 Å². The fourth-order valence-electron chi connectivity index (χ4n) is 3.50. The van der Waals surface area contributed by atoms with Crippen LogP contribution in [0.4, 0.5) is 0 Å². The van der Waals surface area contributed by atoms with Crippen molar-refractivity contribution in [3.8, 4) is 11.1 Å². The minimum Gasteiger partial charge on any atom is -0.357 e. The number of carbonyl (C=O) groups excluding carboxylic acids is 3. The molecular weight excluding hydrogens is 382 g/mol. The zero-order valence-corrected chi connectivity index (χ0v) is 18.0. The number of hydroxylamine groups is 1. The Kier molecular flexibility index (Phi) is 7.94. The summed E-state index contributed by atoms with van der Waals surface area (Å²) in [7, 11) is 1.52. The zero-order valence-electron chi connectivity index (χ0n) is 18.0. The minimum absolute atomic E-state index is 0.167. The van der Waals surface area contributed by atoms with Gasteiger partial charge >= 0.3 is 0 Å². The van der Waals surface area contributed by atoms with Crippen LogP contribution in [0.2, 0.25) is 0 Å². The van der Waals surface area contributed by atoms with Gasteiger partial charge < -0.3 is 10.6 Å². The van der Waals surface area contributed by atoms with Gasteiger partial charge in [0.1, 0.15) is 6.04 Å². The molecule has 2 aliphatic carbocycles. The smallest absolute Gasteiger partial charge is 0.244 e. The van der Waals surface area contributed by atoms with Gasteiger partial charge in [0.2, 0.25) is 17.7 Å². The second kappa shape index (κ2) is 10.2. The molecule has 0 radical (unpaired) electrons. The van der Waals surface area contributed by atoms with E-state index in [0.29, 0.717) is 12.8 Å². The Balaban J connectivity index is 2.17. The third-order valence-corrected chi connectivity index (χ3v) is 5.23. The molecule has 0 aromatic carbocycles. The Hall–Kier alpha value is -2.93. The number of aryl methyl sites for hydroxylation is 1. The summed E-state index contributed by atoms with van der Waals surface area (Å²) >= 11 is 0. The predicted molar refractivity (Wildman–Crippen MR) is 115 cm³/mol. The fourth-order valence-corrected chi connectivity index (χ4v) is 3.50. The van der Waals surface area contributed by atoms with Crippen LogP contribution in [0.1, 0.15) is 39.2 Å². The number of rotatable bonds is 8. The molecule has 0 unspecified atom stereocenters. The van der Waals surface area contributed by atoms with E-state index in [-0.39, 0.29) is 18.2 Å². The Bertz CT molecular complexity index is 860. The molecule has 0 saturated carbocycles. The second-order valence-electron chi connectivity index (χ2n) is 8.53. The highest BCUT2D eigenvalue weighted by Gasteiger charge is 2.34. The number of hydrogen-bond donors (Lipinski definition) is 4. The van der Waals surface area contributed by atoms with Crippen LogP contribution in [0, 0.1) is 11.3 Å². The molecule has 2 rings (SSSR count). The monoisotopic (exact) mass is 413 g/mol. The van der Waals surface area contributed by atoms with Crippen LogP contribution in [0.5, 0.6) is 0 Å². The number of hydrogen-bond acceptors (Lipinski definition) is 4. The topological polar surface area (TPSA) is 108 Å². The highest BCUT2D eigenvalue weighted by atomic mass is 16.5. The lowest BCUT2D eigenvalue weighted by Gasteiger charge is -2.31. The van der Waals surface area contributed by atoms with Gasteiger partial charge in [0.25, 0.3) is 0 Å². The largest absolute Gasteiger partial charge is 0.357 e. The molecule has 2 aliphatic rings. The summed E-state index contributed by atoms with van der Waals surface area (Å²) in [5.74, 6) is -2.01. The van der Waals surface area contributed by atoms with E-state index < -0.39 is 23.3 Å². The van der Waals surface area contributed by atoms with Crippen molar-refractivity contribution < 1.29 is 19.6 Å². The fraction of sp³-hybridized carbons (Fsp3) is 0.435. The average molecular weight is 414 g/mol. The summed E-state index contributed by atoms with van der Waals surface area (Å²) < 4.78 is 0. The Morgan fingerprint density at radius 2 is 1.70 bits per heavy atom. The van der Waals surface area contributed by atoms with E-state index >= 15 is 0 Å². The number of fused-ring (bicyclic) bond motifs is 1. The van der Waals surface area contributed by atoms with E-state index in [1.54, 1.807) is 5.48 Å². The first-order valence-electron chi connectivity index (χ1n) is 10.1. The van der Waals surface area contributed by atoms with E-state index in [1.807, 2.05) is 63.2 Å². The SMILES string of the molecule is CNC(=O)[C@@H](NC(=O)[C@H](CCc1ccc2cccccc1-2)CC(=O)NO)C(C)(C)C. The first-order valence-corrected chi connectivity index (χ1v) is 10.1. The van der Waals surface area contributed by atoms with Gasteiger partial charge in [0, 0.05) is 19.4 Å². The van der Waals surface area contributed by atoms with Crippen molar-refractivity contribution in [2.75, 3.05) is 7.05 Å². The standard InChI is InChI=1S/C23H31N3O4/c1-23(2,3)20(22(29)24-4)25-21(28)17(14-19(27)26-30)13-12-16-11-10-15-8-6-5-7-9-18(15)16/h5-11,17,20,30H,12-14H2,1-4H3,(H,24,29)(H,25,28)(H,26,27)/t17-,20-/m1/s1. The molecule has 3 amide bonds. The van der Waals surface area contributed by atoms with Gasteiger partial charge in [0.05, 0.1) is 0 Å². The molecule has 162 valence electrons. The van der Waals surface area contributed by atoms with Gasteiger partial charge in [-0.15, -0.1) is 0 Å². The van der Waals surface area contributed by atoms with E-state index in [9.17, 15) is 14.4 Å². The quantitative estimate of drug-likeness (QED) is 0.394. The third-order valence-electron chi connectivity index (χ3n) is 5.23. The van der Waals surface area contributed by atoms with E-state index in [0.717, 1.165) is 16.7 Å². The normalized spacial score (nSPS) is 13.4. The molecule has 0 aromatic heterocycles. The maximum absolute atomic E-state index is 13.0. The summed E-state index contributed by atoms with van der Waals surface area (Å²) in [4.78, 5) is 37.1. The van der Waals surface area contributed by atoms with Crippen LogP contribution < -0.4 is 16.1 Å². The Labute approximate surface area is 177 Å². The van der Waals surface area contributed by atoms with Crippen LogP contribution in [0.3, 0.4) is 0 Å². The lowest BCUT2D eigenvalue weighted by molar-refractivity contribution is -0.137. The summed E-state index contributed by atoms with van der Waals surface area (Å²) in [6, 6.07) is 13.3. The molecular formula is C23H31N3O4. The number of amides is 3. The number of nitrogens with one attached hydrogen (secondary N) is 3. The highest BCUT2D eigenvalue weighted by Crippen LogP contribution is 2.29. The van der Waals surface area contributed by atoms with Crippen molar-refractivity contribution in [1.29, 1.82) is 0 Å². The maximum Gasteiger partial charge on any atom is 0.244 e. The van der Waals surface area contributed by atoms with Crippen LogP contribution in [-0.2, 0) is 20.8 Å². The van der Waals surface area contributed by atoms with Crippen molar-refractivity contribution in [2.45, 2.75) is 46.1 Å². The Morgan fingerprint density at radius 1 is 1.00 bits per heavy atom. The lowest BCUT2D eigenvalue weighted by Crippen LogP contribution is -2.54. The lowest BCUT2D eigenvalue weighted by atomic mass is 9.85. The second-order valence-corrected chi connectivity index (χ2v) is 8.53.